The molecule has 1 atom stereocenters. The highest BCUT2D eigenvalue weighted by Gasteiger charge is 2.46. The van der Waals surface area contributed by atoms with Crippen LogP contribution in [0.25, 0.3) is 6.08 Å². The van der Waals surface area contributed by atoms with Crippen molar-refractivity contribution in [1.82, 2.24) is 0 Å². The van der Waals surface area contributed by atoms with Crippen LogP contribution in [-0.2, 0) is 19.0 Å². The van der Waals surface area contributed by atoms with Crippen molar-refractivity contribution in [2.24, 2.45) is 0 Å². The molecule has 0 aliphatic heterocycles. The van der Waals surface area contributed by atoms with E-state index in [9.17, 15) is 14.4 Å². The van der Waals surface area contributed by atoms with Gasteiger partial charge in [-0.2, -0.15) is 0 Å². The topological polar surface area (TPSA) is 78.9 Å². The lowest BCUT2D eigenvalue weighted by Gasteiger charge is -2.29. The van der Waals surface area contributed by atoms with Gasteiger partial charge in [-0.05, 0) is 43.7 Å². The summed E-state index contributed by atoms with van der Waals surface area (Å²) < 4.78 is 16.3. The molecule has 0 N–H and O–H groups in total. The van der Waals surface area contributed by atoms with E-state index < -0.39 is 5.60 Å². The molecule has 0 spiro atoms. The number of carbonyl (C=O) groups excluding carboxylic acids is 3. The third-order valence-corrected chi connectivity index (χ3v) is 7.41. The van der Waals surface area contributed by atoms with E-state index in [0.717, 1.165) is 37.7 Å². The van der Waals surface area contributed by atoms with Crippen LogP contribution in [0.2, 0.25) is 0 Å². The highest BCUT2D eigenvalue weighted by Crippen LogP contribution is 2.28. The Morgan fingerprint density at radius 1 is 0.705 bits per heavy atom. The summed E-state index contributed by atoms with van der Waals surface area (Å²) in [5.41, 5.74) is 0.452. The smallest absolute Gasteiger partial charge is 0.373 e. The summed E-state index contributed by atoms with van der Waals surface area (Å²) in [6.45, 7) is 6.23. The van der Waals surface area contributed by atoms with Crippen molar-refractivity contribution in [2.45, 2.75) is 83.8 Å². The van der Waals surface area contributed by atoms with E-state index in [-0.39, 0.29) is 29.4 Å². The normalized spacial score (nSPS) is 12.0. The van der Waals surface area contributed by atoms with Gasteiger partial charge in [0.1, 0.15) is 6.10 Å². The molecular weight excluding hydrogens is 552 g/mol. The first kappa shape index (κ1) is 36.2. The molecule has 0 radical (unpaired) electrons. The molecule has 0 aliphatic carbocycles. The van der Waals surface area contributed by atoms with Gasteiger partial charge in [-0.15, -0.1) is 0 Å². The summed E-state index contributed by atoms with van der Waals surface area (Å²) in [7, 11) is 2.94. The van der Waals surface area contributed by atoms with E-state index in [1.165, 1.54) is 27.1 Å². The van der Waals surface area contributed by atoms with Gasteiger partial charge in [-0.3, -0.25) is 9.59 Å². The second kappa shape index (κ2) is 20.0. The van der Waals surface area contributed by atoms with Gasteiger partial charge in [0.2, 0.25) is 17.3 Å². The Morgan fingerprint density at radius 3 is 1.64 bits per heavy atom. The van der Waals surface area contributed by atoms with E-state index >= 15 is 0 Å². The lowest BCUT2D eigenvalue weighted by Crippen LogP contribution is -2.48. The number of rotatable bonds is 17. The Hall–Kier alpha value is -4.03. The molecule has 0 aromatic heterocycles. The second-order valence-electron chi connectivity index (χ2n) is 10.6. The fourth-order valence-corrected chi connectivity index (χ4v) is 4.77. The molecule has 0 bridgehead atoms. The molecule has 0 saturated carbocycles. The molecule has 0 aliphatic rings. The SMILES string of the molecule is CCCCC(OC)(C(=O)c1ccccc1)C(=O)c1ccccc1.CCCCCC(CC)OC(=O)C(=Cc1ccccc1)OC. The average molecular weight is 601 g/mol. The van der Waals surface area contributed by atoms with Crippen LogP contribution in [0.4, 0.5) is 0 Å². The third-order valence-electron chi connectivity index (χ3n) is 7.41. The van der Waals surface area contributed by atoms with E-state index in [1.807, 2.05) is 56.3 Å². The maximum Gasteiger partial charge on any atom is 0.373 e. The molecule has 6 heteroatoms. The Morgan fingerprint density at radius 2 is 1.20 bits per heavy atom. The van der Waals surface area contributed by atoms with Gasteiger partial charge in [-0.25, -0.2) is 4.79 Å². The first-order chi connectivity index (χ1) is 21.4. The van der Waals surface area contributed by atoms with Gasteiger partial charge in [0.15, 0.2) is 5.60 Å². The van der Waals surface area contributed by atoms with Crippen LogP contribution >= 0.6 is 0 Å². The lowest BCUT2D eigenvalue weighted by molar-refractivity contribution is -0.148. The van der Waals surface area contributed by atoms with Crippen molar-refractivity contribution in [3.8, 4) is 0 Å². The summed E-state index contributed by atoms with van der Waals surface area (Å²) in [5, 5.41) is 0. The average Bonchev–Trinajstić information content (AvgIpc) is 3.08. The molecule has 0 amide bonds. The number of carbonyl (C=O) groups is 3. The van der Waals surface area contributed by atoms with Crippen LogP contribution in [0.5, 0.6) is 0 Å². The van der Waals surface area contributed by atoms with Crippen LogP contribution in [0.3, 0.4) is 0 Å². The molecule has 1 unspecified atom stereocenters. The summed E-state index contributed by atoms with van der Waals surface area (Å²) in [4.78, 5) is 38.3. The minimum absolute atomic E-state index is 0.0293. The zero-order valence-electron chi connectivity index (χ0n) is 26.9. The van der Waals surface area contributed by atoms with Gasteiger partial charge in [-0.1, -0.05) is 131 Å². The Bertz CT molecular complexity index is 1230. The highest BCUT2D eigenvalue weighted by atomic mass is 16.6. The maximum atomic E-state index is 13.1. The van der Waals surface area contributed by atoms with E-state index in [4.69, 9.17) is 14.2 Å². The van der Waals surface area contributed by atoms with Crippen LogP contribution in [0.15, 0.2) is 96.8 Å². The molecule has 236 valence electrons. The van der Waals surface area contributed by atoms with Crippen molar-refractivity contribution < 1.29 is 28.6 Å². The fourth-order valence-electron chi connectivity index (χ4n) is 4.77. The zero-order valence-corrected chi connectivity index (χ0v) is 26.9. The molecule has 3 aromatic rings. The minimum Gasteiger partial charge on any atom is -0.490 e. The summed E-state index contributed by atoms with van der Waals surface area (Å²) in [6, 6.07) is 27.4. The lowest BCUT2D eigenvalue weighted by atomic mass is 9.81. The van der Waals surface area contributed by atoms with Crippen molar-refractivity contribution >= 4 is 23.6 Å². The molecule has 0 fully saturated rings. The number of Topliss-reactive ketones (excluding diaryl/α,β-unsaturated/α-hetero) is 2. The van der Waals surface area contributed by atoms with Crippen molar-refractivity contribution in [3.05, 3.63) is 113 Å². The summed E-state index contributed by atoms with van der Waals surface area (Å²) in [5.74, 6) is -0.689. The Labute approximate surface area is 263 Å². The van der Waals surface area contributed by atoms with Crippen molar-refractivity contribution in [1.29, 1.82) is 0 Å². The molecule has 6 nitrogen and oxygen atoms in total. The predicted molar refractivity (Wildman–Crippen MR) is 177 cm³/mol. The van der Waals surface area contributed by atoms with Crippen LogP contribution in [0, 0.1) is 0 Å². The van der Waals surface area contributed by atoms with Crippen LogP contribution < -0.4 is 0 Å². The summed E-state index contributed by atoms with van der Waals surface area (Å²) in [6.07, 6.45) is 8.86. The van der Waals surface area contributed by atoms with E-state index in [2.05, 4.69) is 6.92 Å². The quantitative estimate of drug-likeness (QED) is 0.0384. The number of unbranched alkanes of at least 4 members (excludes halogenated alkanes) is 3. The Balaban J connectivity index is 0.000000308. The number of hydrogen-bond acceptors (Lipinski definition) is 6. The van der Waals surface area contributed by atoms with E-state index in [0.29, 0.717) is 17.5 Å². The van der Waals surface area contributed by atoms with E-state index in [1.54, 1.807) is 54.6 Å². The molecule has 0 heterocycles. The summed E-state index contributed by atoms with van der Waals surface area (Å²) >= 11 is 0. The number of ether oxygens (including phenoxy) is 3. The molecule has 44 heavy (non-hydrogen) atoms. The van der Waals surface area contributed by atoms with Gasteiger partial charge in [0.25, 0.3) is 0 Å². The number of hydrogen-bond donors (Lipinski definition) is 0. The Kier molecular flexibility index (Phi) is 16.5. The van der Waals surface area contributed by atoms with Crippen LogP contribution in [-0.4, -0.2) is 43.5 Å². The van der Waals surface area contributed by atoms with Gasteiger partial charge >= 0.3 is 5.97 Å². The number of benzene rings is 3. The number of ketones is 2. The largest absolute Gasteiger partial charge is 0.490 e. The number of methoxy groups -OCH3 is 2. The first-order valence-corrected chi connectivity index (χ1v) is 15.6. The maximum absolute atomic E-state index is 13.1. The number of esters is 1. The van der Waals surface area contributed by atoms with Gasteiger partial charge in [0.05, 0.1) is 7.11 Å². The fraction of sp³-hybridized carbons (Fsp3) is 0.395. The molecule has 3 rings (SSSR count). The monoisotopic (exact) mass is 600 g/mol. The predicted octanol–water partition coefficient (Wildman–Crippen LogP) is 8.90. The second-order valence-corrected chi connectivity index (χ2v) is 10.6. The van der Waals surface area contributed by atoms with Crippen molar-refractivity contribution in [2.75, 3.05) is 14.2 Å². The minimum atomic E-state index is -1.46. The first-order valence-electron chi connectivity index (χ1n) is 15.6. The highest BCUT2D eigenvalue weighted by molar-refractivity contribution is 6.22. The molecule has 0 saturated heterocycles. The van der Waals surface area contributed by atoms with Crippen LogP contribution in [0.1, 0.15) is 98.4 Å². The third kappa shape index (κ3) is 10.9. The van der Waals surface area contributed by atoms with Gasteiger partial charge in [0, 0.05) is 18.2 Å². The zero-order chi connectivity index (χ0) is 32.2. The molecular formula is C38H48O6. The van der Waals surface area contributed by atoms with Crippen molar-refractivity contribution in [3.63, 3.8) is 0 Å². The molecule has 3 aromatic carbocycles. The standard InChI is InChI=1S/C20H22O3.C18H26O3/c1-3-4-15-20(23-2,18(21)16-11-7-5-8-12-16)19(22)17-13-9-6-10-14-17;1-4-6-8-13-16(5-2)21-18(19)17(20-3)14-15-11-9-7-10-12-15/h5-14H,3-4,15H2,1-2H3;7,9-12,14,16H,4-6,8,13H2,1-3H3. The van der Waals surface area contributed by atoms with Gasteiger partial charge < -0.3 is 14.2 Å².